The van der Waals surface area contributed by atoms with Crippen molar-refractivity contribution >= 4 is 32.6 Å². The van der Waals surface area contributed by atoms with Crippen LogP contribution in [0.2, 0.25) is 0 Å². The van der Waals surface area contributed by atoms with Crippen LogP contribution in [-0.2, 0) is 36.9 Å². The van der Waals surface area contributed by atoms with Crippen molar-refractivity contribution in [2.45, 2.75) is 31.0 Å². The van der Waals surface area contributed by atoms with Crippen LogP contribution in [0.3, 0.4) is 0 Å². The third-order valence-electron chi connectivity index (χ3n) is 6.20. The van der Waals surface area contributed by atoms with Crippen LogP contribution in [0, 0.1) is 0 Å². The zero-order chi connectivity index (χ0) is 29.3. The van der Waals surface area contributed by atoms with Gasteiger partial charge in [0.25, 0.3) is 6.48 Å². The molecule has 0 amide bonds. The van der Waals surface area contributed by atoms with Gasteiger partial charge < -0.3 is 38.6 Å². The number of benzene rings is 2. The number of aromatic nitrogens is 4. The number of hydrogen-bond acceptors (Lipinski definition) is 14. The predicted octanol–water partition coefficient (Wildman–Crippen LogP) is 3.42. The fraction of sp³-hybridized carbons (Fsp3) is 0.292. The molecule has 2 unspecified atom stereocenters. The van der Waals surface area contributed by atoms with Crippen LogP contribution in [0.5, 0.6) is 11.5 Å². The summed E-state index contributed by atoms with van der Waals surface area (Å²) in [7, 11) is -8.47. The van der Waals surface area contributed by atoms with Gasteiger partial charge in [0.2, 0.25) is 0 Å². The lowest BCUT2D eigenvalue weighted by Gasteiger charge is -2.23. The molecule has 2 fully saturated rings. The van der Waals surface area contributed by atoms with Crippen LogP contribution >= 0.6 is 15.6 Å². The molecule has 4 aromatic rings. The maximum atomic E-state index is 13.6. The molecule has 16 nitrogen and oxygen atoms in total. The molecule has 2 aromatic heterocycles. The van der Waals surface area contributed by atoms with E-state index in [1.54, 1.807) is 41.0 Å². The van der Waals surface area contributed by atoms with Crippen molar-refractivity contribution in [2.75, 3.05) is 19.5 Å². The molecule has 0 bridgehead atoms. The number of ether oxygens (including phenoxy) is 4. The number of methoxy groups -OCH3 is 1. The summed E-state index contributed by atoms with van der Waals surface area (Å²) >= 11 is 0. The number of anilines is 1. The van der Waals surface area contributed by atoms with Gasteiger partial charge in [0.15, 0.2) is 17.7 Å². The summed E-state index contributed by atoms with van der Waals surface area (Å²) in [6.45, 7) is -1.59. The Morgan fingerprint density at radius 3 is 2.21 bits per heavy atom. The minimum absolute atomic E-state index is 0.0701. The third kappa shape index (κ3) is 6.03. The second-order valence-electron chi connectivity index (χ2n) is 8.98. The molecular weight excluding hydrogens is 596 g/mol. The van der Waals surface area contributed by atoms with Gasteiger partial charge in [-0.05, 0) is 24.3 Å². The lowest BCUT2D eigenvalue weighted by Crippen LogP contribution is -2.31. The highest BCUT2D eigenvalue weighted by atomic mass is 31.3. The normalized spacial score (nSPS) is 25.2. The van der Waals surface area contributed by atoms with E-state index in [9.17, 15) is 14.0 Å². The van der Waals surface area contributed by atoms with Gasteiger partial charge in [0, 0.05) is 7.11 Å². The molecule has 0 saturated carbocycles. The van der Waals surface area contributed by atoms with Crippen LogP contribution in [0.4, 0.5) is 5.82 Å². The maximum Gasteiger partial charge on any atom is 0.596 e. The Labute approximate surface area is 238 Å². The fourth-order valence-corrected chi connectivity index (χ4v) is 7.02. The number of para-hydroxylation sites is 2. The SMILES string of the molecule is COC1O[C@@H]2[C@H](O1)[C@@H](COP(=O)(O)OP(=O)(Oc1ccccc1)Oc1ccccc1)O[C@H]2n1cnc2c(N)ncnc21. The van der Waals surface area contributed by atoms with E-state index in [0.29, 0.717) is 11.2 Å². The van der Waals surface area contributed by atoms with Crippen molar-refractivity contribution in [3.05, 3.63) is 73.3 Å². The second kappa shape index (κ2) is 11.7. The first kappa shape index (κ1) is 28.7. The third-order valence-corrected chi connectivity index (χ3v) is 9.17. The Morgan fingerprint density at radius 2 is 1.57 bits per heavy atom. The van der Waals surface area contributed by atoms with Gasteiger partial charge in [0.05, 0.1) is 12.9 Å². The lowest BCUT2D eigenvalue weighted by molar-refractivity contribution is -0.256. The number of phosphoric ester groups is 2. The van der Waals surface area contributed by atoms with E-state index < -0.39 is 53.3 Å². The number of hydrogen-bond donors (Lipinski definition) is 2. The van der Waals surface area contributed by atoms with Crippen LogP contribution in [0.25, 0.3) is 11.2 Å². The van der Waals surface area contributed by atoms with E-state index in [0.717, 1.165) is 0 Å². The summed E-state index contributed by atoms with van der Waals surface area (Å²) in [4.78, 5) is 23.0. The minimum Gasteiger partial charge on any atom is -0.395 e. The number of nitrogens with zero attached hydrogens (tertiary/aromatic N) is 4. The van der Waals surface area contributed by atoms with Crippen LogP contribution in [0.1, 0.15) is 6.23 Å². The van der Waals surface area contributed by atoms with Gasteiger partial charge in [-0.2, -0.15) is 4.31 Å². The average molecular weight is 621 g/mol. The van der Waals surface area contributed by atoms with Crippen molar-refractivity contribution < 1.29 is 50.9 Å². The molecule has 2 aromatic carbocycles. The first-order valence-corrected chi connectivity index (χ1v) is 15.4. The number of fused-ring (bicyclic) bond motifs is 2. The Morgan fingerprint density at radius 1 is 0.929 bits per heavy atom. The molecule has 4 heterocycles. The first-order chi connectivity index (χ1) is 20.2. The molecule has 0 radical (unpaired) electrons. The fourth-order valence-electron chi connectivity index (χ4n) is 4.42. The maximum absolute atomic E-state index is 13.6. The Balaban J connectivity index is 1.20. The summed E-state index contributed by atoms with van der Waals surface area (Å²) in [6, 6.07) is 15.8. The predicted molar refractivity (Wildman–Crippen MR) is 143 cm³/mol. The molecule has 0 spiro atoms. The van der Waals surface area contributed by atoms with Crippen LogP contribution in [0.15, 0.2) is 73.3 Å². The Kier molecular flexibility index (Phi) is 7.98. The van der Waals surface area contributed by atoms with Crippen LogP contribution in [-0.4, -0.2) is 62.9 Å². The van der Waals surface area contributed by atoms with Crippen molar-refractivity contribution in [1.82, 2.24) is 19.5 Å². The minimum atomic E-state index is -5.10. The molecule has 2 aliphatic rings. The number of nitrogens with two attached hydrogens (primary N) is 1. The molecule has 6 atom stereocenters. The van der Waals surface area contributed by atoms with Gasteiger partial charge in [0.1, 0.15) is 41.7 Å². The Hall–Kier alpha value is -3.43. The van der Waals surface area contributed by atoms with Gasteiger partial charge in [-0.15, -0.1) is 0 Å². The molecule has 18 heteroatoms. The van der Waals surface area contributed by atoms with Gasteiger partial charge in [-0.25, -0.2) is 24.1 Å². The summed E-state index contributed by atoms with van der Waals surface area (Å²) in [5.74, 6) is 0.311. The first-order valence-electron chi connectivity index (χ1n) is 12.4. The zero-order valence-corrected chi connectivity index (χ0v) is 23.6. The van der Waals surface area contributed by atoms with E-state index >= 15 is 0 Å². The summed E-state index contributed by atoms with van der Waals surface area (Å²) < 4.78 is 72.2. The number of phosphoric acid groups is 2. The van der Waals surface area contributed by atoms with E-state index in [4.69, 9.17) is 42.6 Å². The molecule has 3 N–H and O–H groups in total. The van der Waals surface area contributed by atoms with Crippen molar-refractivity contribution in [1.29, 1.82) is 0 Å². The summed E-state index contributed by atoms with van der Waals surface area (Å²) in [6.07, 6.45) is -0.696. The lowest BCUT2D eigenvalue weighted by atomic mass is 10.1. The van der Waals surface area contributed by atoms with Crippen LogP contribution < -0.4 is 14.8 Å². The smallest absolute Gasteiger partial charge is 0.395 e. The van der Waals surface area contributed by atoms with E-state index in [1.165, 1.54) is 44.0 Å². The monoisotopic (exact) mass is 621 g/mol. The van der Waals surface area contributed by atoms with Gasteiger partial charge in [-0.3, -0.25) is 9.09 Å². The highest BCUT2D eigenvalue weighted by molar-refractivity contribution is 7.62. The van der Waals surface area contributed by atoms with Crippen molar-refractivity contribution in [3.63, 3.8) is 0 Å². The van der Waals surface area contributed by atoms with E-state index in [-0.39, 0.29) is 17.3 Å². The second-order valence-corrected chi connectivity index (χ2v) is 12.1. The highest BCUT2D eigenvalue weighted by Crippen LogP contribution is 2.63. The van der Waals surface area contributed by atoms with Crippen molar-refractivity contribution in [3.8, 4) is 11.5 Å². The number of rotatable bonds is 11. The molecular formula is C24H25N5O11P2. The molecule has 222 valence electrons. The highest BCUT2D eigenvalue weighted by Gasteiger charge is 2.55. The quantitative estimate of drug-likeness (QED) is 0.231. The van der Waals surface area contributed by atoms with Gasteiger partial charge in [-0.1, -0.05) is 36.4 Å². The molecule has 2 saturated heterocycles. The average Bonchev–Trinajstić information content (AvgIpc) is 3.67. The van der Waals surface area contributed by atoms with E-state index in [2.05, 4.69) is 15.0 Å². The van der Waals surface area contributed by atoms with Gasteiger partial charge >= 0.3 is 15.6 Å². The molecule has 0 aliphatic carbocycles. The summed E-state index contributed by atoms with van der Waals surface area (Å²) in [5, 5.41) is 0. The Bertz CT molecular complexity index is 1580. The molecule has 2 aliphatic heterocycles. The standard InChI is InChI=1S/C24H25N5O11P2/c1-33-24-36-19-17(35-23(20(19)37-24)29-14-28-18-21(25)26-13-27-22(18)29)12-34-41(30,31)40-42(32,38-15-8-4-2-5-9-15)39-16-10-6-3-7-11-16/h2-11,13-14,17,19-20,23-24H,12H2,1H3,(H,30,31)(H2,25,26,27)/t17-,19-,20-,23-,24?/m1/s1. The van der Waals surface area contributed by atoms with E-state index in [1.807, 2.05) is 0 Å². The topological polar surface area (TPSA) is 198 Å². The molecule has 6 rings (SSSR count). The molecule has 42 heavy (non-hydrogen) atoms. The largest absolute Gasteiger partial charge is 0.596 e. The number of nitrogen functional groups attached to an aromatic ring is 1. The zero-order valence-electron chi connectivity index (χ0n) is 21.8. The number of imidazole rings is 1. The van der Waals surface area contributed by atoms with Crippen molar-refractivity contribution in [2.24, 2.45) is 0 Å². The summed E-state index contributed by atoms with van der Waals surface area (Å²) in [5.41, 5.74) is 6.62.